The number of benzene rings is 1. The molecule has 2 heterocycles. The third-order valence-electron chi connectivity index (χ3n) is 3.52. The van der Waals surface area contributed by atoms with E-state index in [9.17, 15) is 4.39 Å². The normalized spacial score (nSPS) is 15.7. The molecule has 3 aromatic rings. The number of rotatable bonds is 5. The van der Waals surface area contributed by atoms with Crippen LogP contribution in [0.1, 0.15) is 42.6 Å². The number of halogens is 1. The molecule has 1 fully saturated rings. The van der Waals surface area contributed by atoms with E-state index in [2.05, 4.69) is 25.7 Å². The first-order chi connectivity index (χ1) is 11.2. The van der Waals surface area contributed by atoms with Gasteiger partial charge in [-0.15, -0.1) is 5.10 Å². The van der Waals surface area contributed by atoms with E-state index in [1.807, 2.05) is 6.92 Å². The van der Waals surface area contributed by atoms with Crippen molar-refractivity contribution < 1.29 is 8.91 Å². The molecular weight excluding hydrogens is 319 g/mol. The smallest absolute Gasteiger partial charge is 0.239 e. The standard InChI is InChI=1S/C14H13FN6OS/c1-8(13-16-12(18-22-13)9-5-6-9)23-14-17-19-20-21(14)11-4-2-3-10(15)7-11/h2-4,7-9H,5-6H2,1H3. The van der Waals surface area contributed by atoms with Crippen LogP contribution in [0.5, 0.6) is 0 Å². The largest absolute Gasteiger partial charge is 0.338 e. The van der Waals surface area contributed by atoms with E-state index in [1.165, 1.54) is 28.6 Å². The van der Waals surface area contributed by atoms with Gasteiger partial charge >= 0.3 is 0 Å². The predicted octanol–water partition coefficient (Wildman–Crippen LogP) is 2.92. The second-order valence-electron chi connectivity index (χ2n) is 5.38. The second-order valence-corrected chi connectivity index (χ2v) is 6.69. The molecule has 0 radical (unpaired) electrons. The van der Waals surface area contributed by atoms with E-state index in [1.54, 1.807) is 12.1 Å². The van der Waals surface area contributed by atoms with Gasteiger partial charge in [-0.3, -0.25) is 0 Å². The van der Waals surface area contributed by atoms with Gasteiger partial charge in [-0.05, 0) is 48.4 Å². The molecule has 1 atom stereocenters. The lowest BCUT2D eigenvalue weighted by molar-refractivity contribution is 0.374. The molecule has 0 aliphatic heterocycles. The number of tetrazole rings is 1. The summed E-state index contributed by atoms with van der Waals surface area (Å²) in [5.74, 6) is 1.43. The molecule has 2 aromatic heterocycles. The zero-order valence-corrected chi connectivity index (χ0v) is 13.1. The lowest BCUT2D eigenvalue weighted by Gasteiger charge is -2.07. The summed E-state index contributed by atoms with van der Waals surface area (Å²) in [5, 5.41) is 16.0. The first-order valence-corrected chi connectivity index (χ1v) is 8.13. The van der Waals surface area contributed by atoms with Gasteiger partial charge in [-0.25, -0.2) is 4.39 Å². The maximum atomic E-state index is 13.4. The van der Waals surface area contributed by atoms with E-state index in [0.717, 1.165) is 18.7 Å². The number of hydrogen-bond donors (Lipinski definition) is 0. The molecule has 0 amide bonds. The fraction of sp³-hybridized carbons (Fsp3) is 0.357. The molecule has 0 spiro atoms. The van der Waals surface area contributed by atoms with Gasteiger partial charge in [0.1, 0.15) is 5.82 Å². The molecule has 0 bridgehead atoms. The van der Waals surface area contributed by atoms with Crippen molar-refractivity contribution >= 4 is 11.8 Å². The highest BCUT2D eigenvalue weighted by molar-refractivity contribution is 7.99. The van der Waals surface area contributed by atoms with E-state index in [-0.39, 0.29) is 11.1 Å². The van der Waals surface area contributed by atoms with Crippen LogP contribution in [-0.2, 0) is 0 Å². The molecule has 7 nitrogen and oxygen atoms in total. The molecule has 1 aliphatic rings. The number of thioether (sulfide) groups is 1. The van der Waals surface area contributed by atoms with Crippen LogP contribution in [0.4, 0.5) is 4.39 Å². The minimum atomic E-state index is -0.340. The van der Waals surface area contributed by atoms with E-state index in [4.69, 9.17) is 4.52 Å². The van der Waals surface area contributed by atoms with E-state index >= 15 is 0 Å². The fourth-order valence-corrected chi connectivity index (χ4v) is 2.99. The van der Waals surface area contributed by atoms with Gasteiger partial charge < -0.3 is 4.52 Å². The Morgan fingerprint density at radius 2 is 2.26 bits per heavy atom. The van der Waals surface area contributed by atoms with Crippen LogP contribution in [0, 0.1) is 5.82 Å². The second kappa shape index (κ2) is 5.73. The summed E-state index contributed by atoms with van der Waals surface area (Å²) < 4.78 is 20.2. The van der Waals surface area contributed by atoms with Crippen LogP contribution >= 0.6 is 11.8 Å². The van der Waals surface area contributed by atoms with Gasteiger partial charge in [-0.1, -0.05) is 23.0 Å². The molecule has 0 saturated heterocycles. The van der Waals surface area contributed by atoms with Gasteiger partial charge in [0, 0.05) is 5.92 Å². The summed E-state index contributed by atoms with van der Waals surface area (Å²) in [6.07, 6.45) is 2.25. The lowest BCUT2D eigenvalue weighted by atomic mass is 10.3. The quantitative estimate of drug-likeness (QED) is 0.664. The topological polar surface area (TPSA) is 82.5 Å². The van der Waals surface area contributed by atoms with Crippen molar-refractivity contribution in [2.24, 2.45) is 0 Å². The minimum Gasteiger partial charge on any atom is -0.338 e. The van der Waals surface area contributed by atoms with Gasteiger partial charge in [-0.2, -0.15) is 9.67 Å². The van der Waals surface area contributed by atoms with E-state index in [0.29, 0.717) is 22.7 Å². The molecule has 0 N–H and O–H groups in total. The molecule has 1 saturated carbocycles. The highest BCUT2D eigenvalue weighted by Crippen LogP contribution is 2.40. The number of hydrogen-bond acceptors (Lipinski definition) is 7. The first kappa shape index (κ1) is 14.3. The Bertz CT molecular complexity index is 830. The summed E-state index contributed by atoms with van der Waals surface area (Å²) in [5.41, 5.74) is 0.564. The van der Waals surface area contributed by atoms with Gasteiger partial charge in [0.25, 0.3) is 0 Å². The Morgan fingerprint density at radius 1 is 1.39 bits per heavy atom. The van der Waals surface area contributed by atoms with Crippen molar-refractivity contribution in [2.45, 2.75) is 36.1 Å². The van der Waals surface area contributed by atoms with Crippen molar-refractivity contribution in [1.82, 2.24) is 30.3 Å². The summed E-state index contributed by atoms with van der Waals surface area (Å²) >= 11 is 1.38. The van der Waals surface area contributed by atoms with E-state index < -0.39 is 0 Å². The third kappa shape index (κ3) is 2.96. The Balaban J connectivity index is 1.55. The molecule has 118 valence electrons. The molecule has 4 rings (SSSR count). The van der Waals surface area contributed by atoms with Crippen LogP contribution in [0.3, 0.4) is 0 Å². The number of nitrogens with zero attached hydrogens (tertiary/aromatic N) is 6. The van der Waals surface area contributed by atoms with Gasteiger partial charge in [0.2, 0.25) is 11.0 Å². The lowest BCUT2D eigenvalue weighted by Crippen LogP contribution is -2.01. The Hall–Kier alpha value is -2.29. The summed E-state index contributed by atoms with van der Waals surface area (Å²) in [7, 11) is 0. The third-order valence-corrected chi connectivity index (χ3v) is 4.54. The zero-order chi connectivity index (χ0) is 15.8. The number of aromatic nitrogens is 6. The minimum absolute atomic E-state index is 0.103. The van der Waals surface area contributed by atoms with Crippen LogP contribution < -0.4 is 0 Å². The molecule has 9 heteroatoms. The zero-order valence-electron chi connectivity index (χ0n) is 12.3. The predicted molar refractivity (Wildman–Crippen MR) is 79.7 cm³/mol. The van der Waals surface area contributed by atoms with Crippen molar-refractivity contribution in [3.8, 4) is 5.69 Å². The molecule has 1 unspecified atom stereocenters. The van der Waals surface area contributed by atoms with Gasteiger partial charge in [0.15, 0.2) is 5.82 Å². The first-order valence-electron chi connectivity index (χ1n) is 7.25. The Kier molecular flexibility index (Phi) is 3.56. The van der Waals surface area contributed by atoms with Crippen LogP contribution in [0.15, 0.2) is 33.9 Å². The summed E-state index contributed by atoms with van der Waals surface area (Å²) in [6.45, 7) is 1.94. The molecule has 1 aromatic carbocycles. The SMILES string of the molecule is CC(Sc1nnnn1-c1cccc(F)c1)c1nc(C2CC2)no1. The van der Waals surface area contributed by atoms with Crippen molar-refractivity contribution in [3.63, 3.8) is 0 Å². The highest BCUT2D eigenvalue weighted by atomic mass is 32.2. The average Bonchev–Trinajstić information content (AvgIpc) is 3.09. The Labute approximate surface area is 135 Å². The van der Waals surface area contributed by atoms with Crippen molar-refractivity contribution in [1.29, 1.82) is 0 Å². The Morgan fingerprint density at radius 3 is 3.04 bits per heavy atom. The fourth-order valence-electron chi connectivity index (χ4n) is 2.15. The summed E-state index contributed by atoms with van der Waals surface area (Å²) in [6, 6.07) is 6.11. The average molecular weight is 332 g/mol. The monoisotopic (exact) mass is 332 g/mol. The maximum Gasteiger partial charge on any atom is 0.239 e. The molecular formula is C14H13FN6OS. The highest BCUT2D eigenvalue weighted by Gasteiger charge is 2.30. The van der Waals surface area contributed by atoms with Gasteiger partial charge in [0.05, 0.1) is 10.9 Å². The summed E-state index contributed by atoms with van der Waals surface area (Å²) in [4.78, 5) is 4.43. The van der Waals surface area contributed by atoms with Crippen molar-refractivity contribution in [3.05, 3.63) is 41.8 Å². The molecule has 23 heavy (non-hydrogen) atoms. The van der Waals surface area contributed by atoms with Crippen LogP contribution in [0.2, 0.25) is 0 Å². The van der Waals surface area contributed by atoms with Crippen molar-refractivity contribution in [2.75, 3.05) is 0 Å². The van der Waals surface area contributed by atoms with Crippen LogP contribution in [-0.4, -0.2) is 30.3 Å². The van der Waals surface area contributed by atoms with Crippen LogP contribution in [0.25, 0.3) is 5.69 Å². The molecule has 1 aliphatic carbocycles. The maximum absolute atomic E-state index is 13.4.